The van der Waals surface area contributed by atoms with Crippen LogP contribution in [0.2, 0.25) is 0 Å². The third-order valence-corrected chi connectivity index (χ3v) is 2.84. The fourth-order valence-electron chi connectivity index (χ4n) is 1.83. The molecular formula is C15H16O4. The van der Waals surface area contributed by atoms with Crippen LogP contribution in [0, 0.1) is 0 Å². The molecule has 0 atom stereocenters. The van der Waals surface area contributed by atoms with Gasteiger partial charge in [0.1, 0.15) is 5.75 Å². The van der Waals surface area contributed by atoms with Crippen molar-refractivity contribution >= 4 is 11.5 Å². The highest BCUT2D eigenvalue weighted by Gasteiger charge is 2.28. The molecule has 4 nitrogen and oxygen atoms in total. The number of carbonyl (C=O) groups is 1. The number of unbranched alkanes of at least 4 members (excludes halogenated alkanes) is 1. The van der Waals surface area contributed by atoms with Crippen molar-refractivity contribution < 1.29 is 19.4 Å². The summed E-state index contributed by atoms with van der Waals surface area (Å²) in [6.45, 7) is 6.41. The van der Waals surface area contributed by atoms with E-state index in [0.29, 0.717) is 17.9 Å². The zero-order valence-corrected chi connectivity index (χ0v) is 10.8. The molecule has 0 aliphatic carbocycles. The Balaban J connectivity index is 2.34. The third-order valence-electron chi connectivity index (χ3n) is 2.84. The van der Waals surface area contributed by atoms with Gasteiger partial charge in [0, 0.05) is 11.1 Å². The van der Waals surface area contributed by atoms with Gasteiger partial charge in [0.15, 0.2) is 5.76 Å². The van der Waals surface area contributed by atoms with E-state index in [2.05, 4.69) is 6.58 Å². The molecule has 19 heavy (non-hydrogen) atoms. The first-order chi connectivity index (χ1) is 9.15. The average molecular weight is 260 g/mol. The molecule has 0 saturated carbocycles. The van der Waals surface area contributed by atoms with Gasteiger partial charge in [0.25, 0.3) is 5.76 Å². The molecule has 0 aromatic heterocycles. The van der Waals surface area contributed by atoms with Crippen LogP contribution in [-0.4, -0.2) is 17.7 Å². The van der Waals surface area contributed by atoms with Crippen molar-refractivity contribution in [3.8, 4) is 5.75 Å². The fourth-order valence-corrected chi connectivity index (χ4v) is 1.83. The highest BCUT2D eigenvalue weighted by atomic mass is 16.5. The minimum atomic E-state index is -1.15. The molecule has 0 bridgehead atoms. The topological polar surface area (TPSA) is 55.8 Å². The van der Waals surface area contributed by atoms with E-state index in [4.69, 9.17) is 9.47 Å². The van der Waals surface area contributed by atoms with Gasteiger partial charge in [-0.15, -0.1) is 0 Å². The van der Waals surface area contributed by atoms with E-state index in [-0.39, 0.29) is 11.5 Å². The molecule has 1 heterocycles. The second kappa shape index (κ2) is 5.61. The van der Waals surface area contributed by atoms with Crippen molar-refractivity contribution in [3.05, 3.63) is 47.9 Å². The molecule has 0 fully saturated rings. The second-order valence-electron chi connectivity index (χ2n) is 4.24. The first kappa shape index (κ1) is 13.2. The van der Waals surface area contributed by atoms with E-state index in [1.807, 2.05) is 19.1 Å². The van der Waals surface area contributed by atoms with Crippen molar-refractivity contribution in [1.82, 2.24) is 0 Å². The number of hydrogen-bond donors (Lipinski definition) is 1. The highest BCUT2D eigenvalue weighted by molar-refractivity contribution is 5.94. The Morgan fingerprint density at radius 2 is 2.16 bits per heavy atom. The lowest BCUT2D eigenvalue weighted by Crippen LogP contribution is -2.18. The summed E-state index contributed by atoms with van der Waals surface area (Å²) in [4.78, 5) is 11.2. The molecule has 100 valence electrons. The molecule has 4 heteroatoms. The number of allylic oxidation sites excluding steroid dienone is 1. The zero-order valence-electron chi connectivity index (χ0n) is 10.8. The van der Waals surface area contributed by atoms with Crippen LogP contribution < -0.4 is 4.74 Å². The molecule has 0 spiro atoms. The lowest BCUT2D eigenvalue weighted by molar-refractivity contribution is -0.135. The normalized spacial score (nSPS) is 13.8. The maximum atomic E-state index is 11.2. The maximum absolute atomic E-state index is 11.2. The molecule has 0 amide bonds. The van der Waals surface area contributed by atoms with Gasteiger partial charge in [-0.1, -0.05) is 38.1 Å². The van der Waals surface area contributed by atoms with Crippen molar-refractivity contribution in [2.24, 2.45) is 0 Å². The Morgan fingerprint density at radius 3 is 2.84 bits per heavy atom. The van der Waals surface area contributed by atoms with Crippen LogP contribution in [0.1, 0.15) is 25.3 Å². The molecule has 2 rings (SSSR count). The lowest BCUT2D eigenvalue weighted by Gasteiger charge is -2.23. The van der Waals surface area contributed by atoms with E-state index < -0.39 is 5.97 Å². The predicted molar refractivity (Wildman–Crippen MR) is 71.6 cm³/mol. The number of hydrogen-bond acceptors (Lipinski definition) is 3. The van der Waals surface area contributed by atoms with Crippen LogP contribution in [0.5, 0.6) is 5.75 Å². The Kier molecular flexibility index (Phi) is 3.90. The SMILES string of the molecule is C=C1C(OCCCC)=C(C(=O)O)Oc2ccccc21. The Morgan fingerprint density at radius 1 is 1.42 bits per heavy atom. The molecule has 1 aromatic carbocycles. The Bertz CT molecular complexity index is 543. The Hall–Kier alpha value is -2.23. The summed E-state index contributed by atoms with van der Waals surface area (Å²) in [5, 5.41) is 9.20. The minimum absolute atomic E-state index is 0.195. The first-order valence-electron chi connectivity index (χ1n) is 6.22. The van der Waals surface area contributed by atoms with Crippen LogP contribution in [0.3, 0.4) is 0 Å². The molecule has 1 aliphatic heterocycles. The monoisotopic (exact) mass is 260 g/mol. The number of fused-ring (bicyclic) bond motifs is 1. The standard InChI is InChI=1S/C15H16O4/c1-3-4-9-18-13-10(2)11-7-5-6-8-12(11)19-14(13)15(16)17/h5-8H,2-4,9H2,1H3,(H,16,17). The van der Waals surface area contributed by atoms with E-state index in [9.17, 15) is 9.90 Å². The summed E-state index contributed by atoms with van der Waals surface area (Å²) in [5.41, 5.74) is 1.31. The summed E-state index contributed by atoms with van der Waals surface area (Å²) in [5.74, 6) is -0.630. The van der Waals surface area contributed by atoms with E-state index in [1.165, 1.54) is 0 Å². The smallest absolute Gasteiger partial charge is 0.375 e. The van der Waals surface area contributed by atoms with Gasteiger partial charge >= 0.3 is 5.97 Å². The largest absolute Gasteiger partial charge is 0.489 e. The van der Waals surface area contributed by atoms with Crippen molar-refractivity contribution in [3.63, 3.8) is 0 Å². The van der Waals surface area contributed by atoms with Gasteiger partial charge < -0.3 is 14.6 Å². The number of carboxylic acid groups (broad SMARTS) is 1. The molecule has 0 unspecified atom stereocenters. The van der Waals surface area contributed by atoms with Crippen molar-refractivity contribution in [1.29, 1.82) is 0 Å². The predicted octanol–water partition coefficient (Wildman–Crippen LogP) is 3.21. The third kappa shape index (κ3) is 2.62. The van der Waals surface area contributed by atoms with Crippen LogP contribution in [0.25, 0.3) is 5.57 Å². The lowest BCUT2D eigenvalue weighted by atomic mass is 10.0. The van der Waals surface area contributed by atoms with Crippen LogP contribution >= 0.6 is 0 Å². The number of rotatable bonds is 5. The molecule has 1 aliphatic rings. The second-order valence-corrected chi connectivity index (χ2v) is 4.24. The highest BCUT2D eigenvalue weighted by Crippen LogP contribution is 2.37. The average Bonchev–Trinajstić information content (AvgIpc) is 2.41. The first-order valence-corrected chi connectivity index (χ1v) is 6.22. The summed E-state index contributed by atoms with van der Waals surface area (Å²) in [6.07, 6.45) is 1.82. The number of benzene rings is 1. The summed E-state index contributed by atoms with van der Waals surface area (Å²) < 4.78 is 10.9. The van der Waals surface area contributed by atoms with Crippen LogP contribution in [0.4, 0.5) is 0 Å². The van der Waals surface area contributed by atoms with Gasteiger partial charge in [0.05, 0.1) is 6.61 Å². The number of carboxylic acids is 1. The van der Waals surface area contributed by atoms with Crippen LogP contribution in [-0.2, 0) is 9.53 Å². The van der Waals surface area contributed by atoms with Crippen LogP contribution in [0.15, 0.2) is 42.4 Å². The molecular weight excluding hydrogens is 244 g/mol. The molecule has 1 N–H and O–H groups in total. The van der Waals surface area contributed by atoms with Gasteiger partial charge in [-0.05, 0) is 12.5 Å². The molecule has 0 saturated heterocycles. The van der Waals surface area contributed by atoms with Gasteiger partial charge in [-0.2, -0.15) is 0 Å². The Labute approximate surface area is 112 Å². The minimum Gasteiger partial charge on any atom is -0.489 e. The van der Waals surface area contributed by atoms with Crippen molar-refractivity contribution in [2.45, 2.75) is 19.8 Å². The quantitative estimate of drug-likeness (QED) is 0.826. The van der Waals surface area contributed by atoms with Gasteiger partial charge in [-0.3, -0.25) is 0 Å². The summed E-state index contributed by atoms with van der Waals surface area (Å²) >= 11 is 0. The zero-order chi connectivity index (χ0) is 13.8. The fraction of sp³-hybridized carbons (Fsp3) is 0.267. The number of ether oxygens (including phenoxy) is 2. The van der Waals surface area contributed by atoms with E-state index >= 15 is 0 Å². The molecule has 1 aromatic rings. The van der Waals surface area contributed by atoms with Crippen molar-refractivity contribution in [2.75, 3.05) is 6.61 Å². The maximum Gasteiger partial charge on any atom is 0.375 e. The van der Waals surface area contributed by atoms with Gasteiger partial charge in [0.2, 0.25) is 0 Å². The molecule has 0 radical (unpaired) electrons. The number of aliphatic carboxylic acids is 1. The number of para-hydroxylation sites is 1. The summed E-state index contributed by atoms with van der Waals surface area (Å²) in [7, 11) is 0. The van der Waals surface area contributed by atoms with Gasteiger partial charge in [-0.25, -0.2) is 4.79 Å². The van der Waals surface area contributed by atoms with E-state index in [1.54, 1.807) is 12.1 Å². The van der Waals surface area contributed by atoms with E-state index in [0.717, 1.165) is 18.4 Å². The summed E-state index contributed by atoms with van der Waals surface area (Å²) in [6, 6.07) is 7.18.